The number of para-hydroxylation sites is 1. The van der Waals surface area contributed by atoms with E-state index in [9.17, 15) is 4.79 Å². The van der Waals surface area contributed by atoms with E-state index in [1.807, 2.05) is 12.1 Å². The highest BCUT2D eigenvalue weighted by atomic mass is 16.4. The van der Waals surface area contributed by atoms with Crippen LogP contribution in [-0.4, -0.2) is 17.6 Å². The first kappa shape index (κ1) is 19.0. The van der Waals surface area contributed by atoms with Gasteiger partial charge >= 0.3 is 5.97 Å². The lowest BCUT2D eigenvalue weighted by molar-refractivity contribution is -0.132. The Labute approximate surface area is 171 Å². The summed E-state index contributed by atoms with van der Waals surface area (Å²) < 4.78 is 0. The molecule has 0 radical (unpaired) electrons. The van der Waals surface area contributed by atoms with Gasteiger partial charge in [0.1, 0.15) is 11.6 Å². The summed E-state index contributed by atoms with van der Waals surface area (Å²) >= 11 is 0. The first-order chi connectivity index (χ1) is 14.2. The Kier molecular flexibility index (Phi) is 5.48. The molecular formula is C25H24N2O2. The Morgan fingerprint density at radius 1 is 1.14 bits per heavy atom. The number of nitrogens with zero attached hydrogens (tertiary/aromatic N) is 2. The molecule has 0 bridgehead atoms. The van der Waals surface area contributed by atoms with E-state index >= 15 is 0 Å². The van der Waals surface area contributed by atoms with Crippen LogP contribution in [-0.2, 0) is 4.79 Å². The quantitative estimate of drug-likeness (QED) is 0.420. The van der Waals surface area contributed by atoms with E-state index in [0.717, 1.165) is 12.1 Å². The number of hydrogen-bond donors (Lipinski definition) is 1. The number of anilines is 2. The number of aliphatic carboxylic acids is 1. The van der Waals surface area contributed by atoms with Crippen molar-refractivity contribution >= 4 is 23.4 Å². The van der Waals surface area contributed by atoms with Gasteiger partial charge in [-0.25, -0.2) is 4.79 Å². The van der Waals surface area contributed by atoms with Gasteiger partial charge in [-0.1, -0.05) is 49.3 Å². The average molecular weight is 384 g/mol. The molecule has 1 heterocycles. The van der Waals surface area contributed by atoms with Crippen molar-refractivity contribution in [2.45, 2.75) is 31.6 Å². The minimum Gasteiger partial charge on any atom is -0.477 e. The van der Waals surface area contributed by atoms with E-state index in [-0.39, 0.29) is 5.57 Å². The van der Waals surface area contributed by atoms with Crippen LogP contribution < -0.4 is 4.90 Å². The van der Waals surface area contributed by atoms with Crippen LogP contribution in [0.25, 0.3) is 6.08 Å². The minimum absolute atomic E-state index is 0.262. The van der Waals surface area contributed by atoms with Crippen LogP contribution in [0.5, 0.6) is 0 Å². The number of rotatable bonds is 4. The second kappa shape index (κ2) is 8.36. The van der Waals surface area contributed by atoms with Gasteiger partial charge in [0.2, 0.25) is 0 Å². The predicted octanol–water partition coefficient (Wildman–Crippen LogP) is 5.66. The molecule has 4 nitrogen and oxygen atoms in total. The summed E-state index contributed by atoms with van der Waals surface area (Å²) in [6.45, 7) is 1.06. The molecule has 2 aromatic rings. The highest BCUT2D eigenvalue weighted by Crippen LogP contribution is 2.48. The summed E-state index contributed by atoms with van der Waals surface area (Å²) in [7, 11) is 0. The fourth-order valence-corrected chi connectivity index (χ4v) is 4.65. The van der Waals surface area contributed by atoms with Crippen molar-refractivity contribution in [2.24, 2.45) is 5.92 Å². The first-order valence-corrected chi connectivity index (χ1v) is 10.2. The lowest BCUT2D eigenvalue weighted by Crippen LogP contribution is -2.36. The molecule has 1 saturated carbocycles. The normalized spacial score (nSPS) is 21.3. The van der Waals surface area contributed by atoms with Crippen molar-refractivity contribution in [3.8, 4) is 6.07 Å². The number of benzene rings is 2. The number of hydrogen-bond acceptors (Lipinski definition) is 3. The van der Waals surface area contributed by atoms with Crippen molar-refractivity contribution in [3.05, 3.63) is 77.4 Å². The number of allylic oxidation sites excluding steroid dienone is 2. The smallest absolute Gasteiger partial charge is 0.346 e. The molecule has 1 aliphatic heterocycles. The molecule has 2 aliphatic rings. The van der Waals surface area contributed by atoms with Crippen LogP contribution in [0.1, 0.15) is 42.7 Å². The third-order valence-electron chi connectivity index (χ3n) is 6.04. The fourth-order valence-electron chi connectivity index (χ4n) is 4.65. The standard InChI is InChI=1S/C25H24N2O2/c26-16-19(25(28)29)9-6-7-18-13-14-24-23(15-18)22-12-5-4-8-20(22)17-27(24)21-10-2-1-3-11-21/h1-3,6-7,9-11,13-15,20,22H,4-5,8,12,17H2,(H,28,29)/b7-6+,19-9+. The van der Waals surface area contributed by atoms with E-state index in [2.05, 4.69) is 47.4 Å². The maximum Gasteiger partial charge on any atom is 0.346 e. The zero-order valence-corrected chi connectivity index (χ0v) is 16.3. The zero-order valence-electron chi connectivity index (χ0n) is 16.3. The highest BCUT2D eigenvalue weighted by molar-refractivity contribution is 5.91. The maximum atomic E-state index is 11.0. The van der Waals surface area contributed by atoms with Crippen molar-refractivity contribution in [1.29, 1.82) is 5.26 Å². The molecule has 4 heteroatoms. The minimum atomic E-state index is -1.20. The van der Waals surface area contributed by atoms with Gasteiger partial charge in [0.05, 0.1) is 0 Å². The van der Waals surface area contributed by atoms with Gasteiger partial charge in [0, 0.05) is 17.9 Å². The fraction of sp³-hybridized carbons (Fsp3) is 0.280. The summed E-state index contributed by atoms with van der Waals surface area (Å²) in [5.41, 5.74) is 4.65. The SMILES string of the molecule is N#C/C(=C\C=C\c1ccc2c(c1)C1CCCCC1CN2c1ccccc1)C(=O)O. The van der Waals surface area contributed by atoms with Crippen LogP contribution >= 0.6 is 0 Å². The van der Waals surface area contributed by atoms with Gasteiger partial charge in [0.15, 0.2) is 0 Å². The van der Waals surface area contributed by atoms with E-state index < -0.39 is 5.97 Å². The second-order valence-corrected chi connectivity index (χ2v) is 7.77. The maximum absolute atomic E-state index is 11.0. The van der Waals surface area contributed by atoms with Crippen molar-refractivity contribution in [1.82, 2.24) is 0 Å². The monoisotopic (exact) mass is 384 g/mol. The molecule has 1 aliphatic carbocycles. The molecule has 0 amide bonds. The molecule has 146 valence electrons. The molecule has 1 fully saturated rings. The molecule has 0 saturated heterocycles. The lowest BCUT2D eigenvalue weighted by Gasteiger charge is -2.43. The third kappa shape index (κ3) is 3.95. The van der Waals surface area contributed by atoms with Crippen LogP contribution in [0, 0.1) is 17.2 Å². The summed E-state index contributed by atoms with van der Waals surface area (Å²) in [4.78, 5) is 13.4. The number of carbonyl (C=O) groups is 1. The summed E-state index contributed by atoms with van der Waals surface area (Å²) in [6.07, 6.45) is 9.94. The van der Waals surface area contributed by atoms with Gasteiger partial charge in [-0.2, -0.15) is 5.26 Å². The number of fused-ring (bicyclic) bond motifs is 3. The number of carboxylic acid groups (broad SMARTS) is 1. The number of carboxylic acids is 1. The van der Waals surface area contributed by atoms with E-state index in [1.165, 1.54) is 48.7 Å². The molecule has 2 atom stereocenters. The van der Waals surface area contributed by atoms with Crippen molar-refractivity contribution in [3.63, 3.8) is 0 Å². The molecule has 2 unspecified atom stereocenters. The first-order valence-electron chi connectivity index (χ1n) is 10.2. The summed E-state index contributed by atoms with van der Waals surface area (Å²) in [5.74, 6) is 0.0372. The molecule has 2 aromatic carbocycles. The molecule has 0 aromatic heterocycles. The van der Waals surface area contributed by atoms with Gasteiger partial charge in [-0.15, -0.1) is 0 Å². The predicted molar refractivity (Wildman–Crippen MR) is 115 cm³/mol. The van der Waals surface area contributed by atoms with Gasteiger partial charge in [-0.3, -0.25) is 0 Å². The van der Waals surface area contributed by atoms with Gasteiger partial charge < -0.3 is 10.0 Å². The molecule has 1 N–H and O–H groups in total. The summed E-state index contributed by atoms with van der Waals surface area (Å²) in [6, 6.07) is 18.7. The second-order valence-electron chi connectivity index (χ2n) is 7.77. The largest absolute Gasteiger partial charge is 0.477 e. The number of nitriles is 1. The zero-order chi connectivity index (χ0) is 20.2. The lowest BCUT2D eigenvalue weighted by atomic mass is 9.72. The topological polar surface area (TPSA) is 64.3 Å². The van der Waals surface area contributed by atoms with E-state index in [0.29, 0.717) is 11.8 Å². The molecular weight excluding hydrogens is 360 g/mol. The van der Waals surface area contributed by atoms with Gasteiger partial charge in [-0.05, 0) is 66.1 Å². The van der Waals surface area contributed by atoms with Crippen molar-refractivity contribution in [2.75, 3.05) is 11.4 Å². The van der Waals surface area contributed by atoms with Crippen LogP contribution in [0.3, 0.4) is 0 Å². The highest BCUT2D eigenvalue weighted by Gasteiger charge is 2.35. The molecule has 29 heavy (non-hydrogen) atoms. The Bertz CT molecular complexity index is 1000. The Morgan fingerprint density at radius 2 is 1.93 bits per heavy atom. The Hall–Kier alpha value is -3.32. The van der Waals surface area contributed by atoms with Gasteiger partial charge in [0.25, 0.3) is 0 Å². The van der Waals surface area contributed by atoms with Crippen LogP contribution in [0.15, 0.2) is 66.3 Å². The Morgan fingerprint density at radius 3 is 2.69 bits per heavy atom. The van der Waals surface area contributed by atoms with Crippen molar-refractivity contribution < 1.29 is 9.90 Å². The van der Waals surface area contributed by atoms with E-state index in [4.69, 9.17) is 10.4 Å². The molecule has 4 rings (SSSR count). The molecule has 0 spiro atoms. The van der Waals surface area contributed by atoms with Crippen LogP contribution in [0.4, 0.5) is 11.4 Å². The summed E-state index contributed by atoms with van der Waals surface area (Å²) in [5, 5.41) is 17.8. The Balaban J connectivity index is 1.70. The van der Waals surface area contributed by atoms with E-state index in [1.54, 1.807) is 12.1 Å². The van der Waals surface area contributed by atoms with Crippen LogP contribution in [0.2, 0.25) is 0 Å². The third-order valence-corrected chi connectivity index (χ3v) is 6.04. The average Bonchev–Trinajstić information content (AvgIpc) is 2.76.